The van der Waals surface area contributed by atoms with Crippen LogP contribution in [0.25, 0.3) is 11.1 Å². The second-order valence-electron chi connectivity index (χ2n) is 9.03. The number of carbonyl (C=O) groups is 1. The van der Waals surface area contributed by atoms with Crippen LogP contribution in [0.15, 0.2) is 30.3 Å². The van der Waals surface area contributed by atoms with Crippen LogP contribution in [0, 0.1) is 0 Å². The van der Waals surface area contributed by atoms with Crippen molar-refractivity contribution >= 4 is 5.97 Å². The number of unbranched alkanes of at least 4 members (excludes halogenated alkanes) is 8. The number of hydrogen-bond donors (Lipinski definition) is 1. The zero-order chi connectivity index (χ0) is 24.8. The van der Waals surface area contributed by atoms with E-state index >= 15 is 0 Å². The normalized spacial score (nSPS) is 10.9. The Bertz CT molecular complexity index is 888. The summed E-state index contributed by atoms with van der Waals surface area (Å²) in [6, 6.07) is 9.68. The number of para-hydroxylation sites is 1. The molecule has 1 N–H and O–H groups in total. The molecular weight excluding hydrogens is 424 g/mol. The van der Waals surface area contributed by atoms with Gasteiger partial charge in [0.25, 0.3) is 0 Å². The Kier molecular flexibility index (Phi) is 12.6. The van der Waals surface area contributed by atoms with Crippen LogP contribution in [-0.2, 0) is 17.6 Å². The van der Waals surface area contributed by atoms with Crippen molar-refractivity contribution in [3.8, 4) is 22.6 Å². The quantitative estimate of drug-likeness (QED) is 0.199. The molecule has 0 radical (unpaired) electrons. The van der Waals surface area contributed by atoms with E-state index in [2.05, 4.69) is 19.9 Å². The zero-order valence-electron chi connectivity index (χ0n) is 21.8. The Morgan fingerprint density at radius 1 is 0.824 bits per heavy atom. The van der Waals surface area contributed by atoms with Crippen molar-refractivity contribution in [2.24, 2.45) is 0 Å². The number of esters is 1. The van der Waals surface area contributed by atoms with E-state index in [-0.39, 0.29) is 17.9 Å². The lowest BCUT2D eigenvalue weighted by Crippen LogP contribution is -2.10. The van der Waals surface area contributed by atoms with Crippen LogP contribution < -0.4 is 4.74 Å². The summed E-state index contributed by atoms with van der Waals surface area (Å²) in [6.45, 7) is 6.43. The van der Waals surface area contributed by atoms with Gasteiger partial charge in [0.05, 0.1) is 13.7 Å². The molecule has 2 aromatic rings. The molecule has 4 nitrogen and oxygen atoms in total. The summed E-state index contributed by atoms with van der Waals surface area (Å²) in [5.74, 6) is 0.253. The third-order valence-electron chi connectivity index (χ3n) is 6.42. The van der Waals surface area contributed by atoms with Gasteiger partial charge in [-0.15, -0.1) is 0 Å². The first-order valence-electron chi connectivity index (χ1n) is 13.3. The van der Waals surface area contributed by atoms with Crippen LogP contribution in [-0.4, -0.2) is 24.8 Å². The second kappa shape index (κ2) is 15.4. The van der Waals surface area contributed by atoms with Crippen molar-refractivity contribution < 1.29 is 19.4 Å². The number of ether oxygens (including phenoxy) is 2. The lowest BCUT2D eigenvalue weighted by molar-refractivity contribution is 0.0524. The fourth-order valence-electron chi connectivity index (χ4n) is 4.64. The number of phenolic OH excluding ortho intramolecular Hbond substituents is 1. The summed E-state index contributed by atoms with van der Waals surface area (Å²) in [5, 5.41) is 11.4. The molecule has 0 amide bonds. The van der Waals surface area contributed by atoms with E-state index in [0.29, 0.717) is 11.3 Å². The summed E-state index contributed by atoms with van der Waals surface area (Å²) in [5.41, 5.74) is 3.71. The summed E-state index contributed by atoms with van der Waals surface area (Å²) < 4.78 is 10.9. The summed E-state index contributed by atoms with van der Waals surface area (Å²) in [6.07, 6.45) is 13.9. The molecule has 2 aromatic carbocycles. The van der Waals surface area contributed by atoms with Crippen molar-refractivity contribution in [2.45, 2.75) is 97.8 Å². The third kappa shape index (κ3) is 7.78. The predicted molar refractivity (Wildman–Crippen MR) is 141 cm³/mol. The van der Waals surface area contributed by atoms with Gasteiger partial charge in [-0.25, -0.2) is 4.79 Å². The number of methoxy groups -OCH3 is 1. The van der Waals surface area contributed by atoms with Crippen LogP contribution >= 0.6 is 0 Å². The molecule has 0 aliphatic rings. The highest BCUT2D eigenvalue weighted by Gasteiger charge is 2.25. The molecule has 0 aliphatic carbocycles. The fourth-order valence-corrected chi connectivity index (χ4v) is 4.64. The van der Waals surface area contributed by atoms with Gasteiger partial charge >= 0.3 is 5.97 Å². The van der Waals surface area contributed by atoms with Gasteiger partial charge in [-0.1, -0.05) is 89.8 Å². The molecule has 0 unspecified atom stereocenters. The van der Waals surface area contributed by atoms with Crippen molar-refractivity contribution in [3.63, 3.8) is 0 Å². The number of rotatable bonds is 16. The molecule has 0 bridgehead atoms. The number of aryl methyl sites for hydroxylation is 1. The van der Waals surface area contributed by atoms with Gasteiger partial charge in [-0.3, -0.25) is 0 Å². The lowest BCUT2D eigenvalue weighted by Gasteiger charge is -2.20. The minimum absolute atomic E-state index is 0.0740. The van der Waals surface area contributed by atoms with Crippen molar-refractivity contribution in [1.29, 1.82) is 0 Å². The highest BCUT2D eigenvalue weighted by Crippen LogP contribution is 2.40. The molecule has 4 heteroatoms. The largest absolute Gasteiger partial charge is 0.507 e. The van der Waals surface area contributed by atoms with E-state index in [1.165, 1.54) is 44.9 Å². The maximum Gasteiger partial charge on any atom is 0.342 e. The first-order chi connectivity index (χ1) is 16.6. The highest BCUT2D eigenvalue weighted by atomic mass is 16.5. The Balaban J connectivity index is 2.29. The van der Waals surface area contributed by atoms with Gasteiger partial charge in [0.1, 0.15) is 17.1 Å². The molecule has 0 saturated heterocycles. The van der Waals surface area contributed by atoms with E-state index in [0.717, 1.165) is 48.8 Å². The van der Waals surface area contributed by atoms with Crippen molar-refractivity contribution in [3.05, 3.63) is 47.0 Å². The smallest absolute Gasteiger partial charge is 0.342 e. The van der Waals surface area contributed by atoms with Gasteiger partial charge in [0, 0.05) is 11.1 Å². The van der Waals surface area contributed by atoms with E-state index in [9.17, 15) is 9.90 Å². The zero-order valence-corrected chi connectivity index (χ0v) is 21.8. The number of aromatic hydroxyl groups is 1. The summed E-state index contributed by atoms with van der Waals surface area (Å²) in [7, 11) is 1.62. The van der Waals surface area contributed by atoms with Gasteiger partial charge < -0.3 is 14.6 Å². The molecule has 188 valence electrons. The van der Waals surface area contributed by atoms with Gasteiger partial charge in [0.2, 0.25) is 0 Å². The number of hydrogen-bond acceptors (Lipinski definition) is 4. The Morgan fingerprint density at radius 2 is 1.47 bits per heavy atom. The standard InChI is InChI=1S/C30H44O4/c1-5-8-9-10-11-12-13-14-15-19-24-23(18-6-2)22-26(25-20-16-17-21-27(25)33-4)28(29(24)31)30(32)34-7-3/h16-17,20-22,31H,5-15,18-19H2,1-4H3. The van der Waals surface area contributed by atoms with Crippen molar-refractivity contribution in [1.82, 2.24) is 0 Å². The Labute approximate surface area is 206 Å². The Hall–Kier alpha value is -2.49. The summed E-state index contributed by atoms with van der Waals surface area (Å²) >= 11 is 0. The molecule has 0 heterocycles. The molecule has 0 saturated carbocycles. The van der Waals surface area contributed by atoms with Crippen LogP contribution in [0.1, 0.15) is 106 Å². The van der Waals surface area contributed by atoms with Crippen LogP contribution in [0.3, 0.4) is 0 Å². The Morgan fingerprint density at radius 3 is 2.09 bits per heavy atom. The van der Waals surface area contributed by atoms with Gasteiger partial charge in [-0.05, 0) is 49.4 Å². The van der Waals surface area contributed by atoms with E-state index < -0.39 is 5.97 Å². The topological polar surface area (TPSA) is 55.8 Å². The first-order valence-corrected chi connectivity index (χ1v) is 13.3. The fraction of sp³-hybridized carbons (Fsp3) is 0.567. The first kappa shape index (κ1) is 27.8. The number of phenols is 1. The average Bonchev–Trinajstić information content (AvgIpc) is 2.84. The molecular formula is C30H44O4. The highest BCUT2D eigenvalue weighted by molar-refractivity contribution is 6.01. The third-order valence-corrected chi connectivity index (χ3v) is 6.42. The molecule has 0 aromatic heterocycles. The van der Waals surface area contributed by atoms with Crippen LogP contribution in [0.2, 0.25) is 0 Å². The molecule has 0 fully saturated rings. The van der Waals surface area contributed by atoms with Crippen LogP contribution in [0.5, 0.6) is 11.5 Å². The van der Waals surface area contributed by atoms with E-state index in [1.54, 1.807) is 14.0 Å². The molecule has 0 atom stereocenters. The monoisotopic (exact) mass is 468 g/mol. The average molecular weight is 469 g/mol. The van der Waals surface area contributed by atoms with Gasteiger partial charge in [0.15, 0.2) is 0 Å². The van der Waals surface area contributed by atoms with Crippen molar-refractivity contribution in [2.75, 3.05) is 13.7 Å². The molecule has 2 rings (SSSR count). The summed E-state index contributed by atoms with van der Waals surface area (Å²) in [4.78, 5) is 13.0. The SMILES string of the molecule is CCCCCCCCCCCc1c(CCC)cc(-c2ccccc2OC)c(C(=O)OCC)c1O. The maximum atomic E-state index is 13.0. The molecule has 34 heavy (non-hydrogen) atoms. The minimum atomic E-state index is -0.489. The molecule has 0 spiro atoms. The predicted octanol–water partition coefficient (Wildman–Crippen LogP) is 8.27. The maximum absolute atomic E-state index is 13.0. The van der Waals surface area contributed by atoms with Crippen LogP contribution in [0.4, 0.5) is 0 Å². The van der Waals surface area contributed by atoms with E-state index in [4.69, 9.17) is 9.47 Å². The second-order valence-corrected chi connectivity index (χ2v) is 9.03. The number of benzene rings is 2. The number of carbonyl (C=O) groups excluding carboxylic acids is 1. The minimum Gasteiger partial charge on any atom is -0.507 e. The lowest BCUT2D eigenvalue weighted by atomic mass is 9.88. The molecule has 0 aliphatic heterocycles. The van der Waals surface area contributed by atoms with Gasteiger partial charge in [-0.2, -0.15) is 0 Å². The van der Waals surface area contributed by atoms with E-state index in [1.807, 2.05) is 24.3 Å².